The summed E-state index contributed by atoms with van der Waals surface area (Å²) in [7, 11) is -4.13. The minimum absolute atomic E-state index is 0.0254. The molecule has 112 valence electrons. The number of nitrogens with two attached hydrogens (primary N) is 1. The van der Waals surface area contributed by atoms with Crippen LogP contribution in [0.15, 0.2) is 23.2 Å². The highest BCUT2D eigenvalue weighted by Gasteiger charge is 2.25. The van der Waals surface area contributed by atoms with Gasteiger partial charge < -0.3 is 10.8 Å². The summed E-state index contributed by atoms with van der Waals surface area (Å²) in [5, 5.41) is 17.5. The van der Waals surface area contributed by atoms with Gasteiger partial charge in [-0.05, 0) is 18.6 Å². The molecule has 9 nitrogen and oxygen atoms in total. The third-order valence-electron chi connectivity index (χ3n) is 2.44. The maximum atomic E-state index is 12.0. The van der Waals surface area contributed by atoms with Crippen LogP contribution in [0.2, 0.25) is 0 Å². The highest BCUT2D eigenvalue weighted by Crippen LogP contribution is 2.10. The Hall–Kier alpha value is -2.51. The van der Waals surface area contributed by atoms with Gasteiger partial charge in [-0.2, -0.15) is 9.98 Å². The standard InChI is InChI=1S/C11H12N4O5S/c12-5-7-1-2-8(6-14-7)21(19,20)15-9(11(17)18)3-4-10(13)16/h1-2,6,9,15H,3-4H2,(H2,13,16)(H,17,18)/t9-/m1/s1. The molecule has 1 aromatic heterocycles. The summed E-state index contributed by atoms with van der Waals surface area (Å²) in [6.45, 7) is 0. The van der Waals surface area contributed by atoms with Crippen molar-refractivity contribution in [1.29, 1.82) is 5.26 Å². The molecule has 0 aromatic carbocycles. The van der Waals surface area contributed by atoms with Crippen LogP contribution in [0, 0.1) is 11.3 Å². The minimum atomic E-state index is -4.13. The van der Waals surface area contributed by atoms with Gasteiger partial charge in [-0.1, -0.05) is 0 Å². The van der Waals surface area contributed by atoms with Gasteiger partial charge in [0.2, 0.25) is 15.9 Å². The molecule has 21 heavy (non-hydrogen) atoms. The number of aromatic nitrogens is 1. The number of primary amides is 1. The number of carbonyl (C=O) groups is 2. The lowest BCUT2D eigenvalue weighted by Crippen LogP contribution is -2.41. The van der Waals surface area contributed by atoms with Crippen LogP contribution in [0.3, 0.4) is 0 Å². The average Bonchev–Trinajstić information content (AvgIpc) is 2.43. The molecule has 0 radical (unpaired) electrons. The average molecular weight is 312 g/mol. The highest BCUT2D eigenvalue weighted by molar-refractivity contribution is 7.89. The summed E-state index contributed by atoms with van der Waals surface area (Å²) in [5.41, 5.74) is 4.92. The normalized spacial score (nSPS) is 12.3. The van der Waals surface area contributed by atoms with Gasteiger partial charge in [-0.15, -0.1) is 0 Å². The summed E-state index contributed by atoms with van der Waals surface area (Å²) in [4.78, 5) is 24.9. The maximum absolute atomic E-state index is 12.0. The summed E-state index contributed by atoms with van der Waals surface area (Å²) in [6.07, 6.45) is 0.395. The van der Waals surface area contributed by atoms with Crippen molar-refractivity contribution in [1.82, 2.24) is 9.71 Å². The number of sulfonamides is 1. The van der Waals surface area contributed by atoms with Crippen LogP contribution in [0.25, 0.3) is 0 Å². The van der Waals surface area contributed by atoms with Gasteiger partial charge in [-0.3, -0.25) is 9.59 Å². The van der Waals surface area contributed by atoms with E-state index in [1.54, 1.807) is 6.07 Å². The molecular formula is C11H12N4O5S. The van der Waals surface area contributed by atoms with E-state index in [0.717, 1.165) is 12.3 Å². The Morgan fingerprint density at radius 1 is 1.48 bits per heavy atom. The number of aliphatic carboxylic acids is 1. The van der Waals surface area contributed by atoms with Gasteiger partial charge in [0.05, 0.1) is 0 Å². The van der Waals surface area contributed by atoms with Crippen molar-refractivity contribution in [2.45, 2.75) is 23.8 Å². The van der Waals surface area contributed by atoms with E-state index in [0.29, 0.717) is 0 Å². The number of amides is 1. The molecule has 1 rings (SSSR count). The molecule has 1 heterocycles. The number of nitriles is 1. The topological polar surface area (TPSA) is 163 Å². The van der Waals surface area contributed by atoms with Crippen LogP contribution >= 0.6 is 0 Å². The molecule has 10 heteroatoms. The molecule has 0 spiro atoms. The third-order valence-corrected chi connectivity index (χ3v) is 3.89. The Balaban J connectivity index is 2.92. The van der Waals surface area contributed by atoms with Gasteiger partial charge >= 0.3 is 5.97 Å². The van der Waals surface area contributed by atoms with Crippen molar-refractivity contribution in [3.63, 3.8) is 0 Å². The van der Waals surface area contributed by atoms with Crippen molar-refractivity contribution >= 4 is 21.9 Å². The number of carboxylic acid groups (broad SMARTS) is 1. The van der Waals surface area contributed by atoms with Gasteiger partial charge in [0, 0.05) is 12.6 Å². The van der Waals surface area contributed by atoms with E-state index in [1.165, 1.54) is 6.07 Å². The lowest BCUT2D eigenvalue weighted by molar-refractivity contribution is -0.139. The fourth-order valence-electron chi connectivity index (χ4n) is 1.38. The first-order valence-electron chi connectivity index (χ1n) is 5.66. The zero-order valence-electron chi connectivity index (χ0n) is 10.7. The molecule has 4 N–H and O–H groups in total. The molecular weight excluding hydrogens is 300 g/mol. The maximum Gasteiger partial charge on any atom is 0.321 e. The van der Waals surface area contributed by atoms with Gasteiger partial charge in [0.15, 0.2) is 0 Å². The fraction of sp³-hybridized carbons (Fsp3) is 0.273. The molecule has 0 saturated carbocycles. The largest absolute Gasteiger partial charge is 0.480 e. The van der Waals surface area contributed by atoms with E-state index in [2.05, 4.69) is 4.98 Å². The van der Waals surface area contributed by atoms with Crippen LogP contribution in [0.1, 0.15) is 18.5 Å². The molecule has 0 aliphatic carbocycles. The van der Waals surface area contributed by atoms with Crippen molar-refractivity contribution in [3.8, 4) is 6.07 Å². The van der Waals surface area contributed by atoms with E-state index in [-0.39, 0.29) is 23.4 Å². The Kier molecular flexibility index (Phi) is 5.34. The first-order valence-corrected chi connectivity index (χ1v) is 7.14. The van der Waals surface area contributed by atoms with E-state index in [9.17, 15) is 18.0 Å². The quantitative estimate of drug-likeness (QED) is 0.578. The Labute approximate surface area is 120 Å². The first-order chi connectivity index (χ1) is 9.76. The summed E-state index contributed by atoms with van der Waals surface area (Å²) in [6, 6.07) is 2.55. The van der Waals surface area contributed by atoms with Crippen molar-refractivity contribution in [2.24, 2.45) is 5.73 Å². The summed E-state index contributed by atoms with van der Waals surface area (Å²) < 4.78 is 25.9. The molecule has 0 aliphatic rings. The third kappa shape index (κ3) is 4.83. The van der Waals surface area contributed by atoms with Crippen LogP contribution in [-0.2, 0) is 19.6 Å². The SMILES string of the molecule is N#Cc1ccc(S(=O)(=O)N[C@H](CCC(N)=O)C(=O)O)cn1. The van der Waals surface area contributed by atoms with Gasteiger partial charge in [0.25, 0.3) is 0 Å². The van der Waals surface area contributed by atoms with Crippen LogP contribution in [0.5, 0.6) is 0 Å². The monoisotopic (exact) mass is 312 g/mol. The number of hydrogen-bond acceptors (Lipinski definition) is 6. The molecule has 1 atom stereocenters. The number of rotatable bonds is 7. The summed E-state index contributed by atoms with van der Waals surface area (Å²) in [5.74, 6) is -2.16. The lowest BCUT2D eigenvalue weighted by Gasteiger charge is -2.13. The second-order valence-corrected chi connectivity index (χ2v) is 5.72. The summed E-state index contributed by atoms with van der Waals surface area (Å²) >= 11 is 0. The Morgan fingerprint density at radius 2 is 2.14 bits per heavy atom. The number of carbonyl (C=O) groups excluding carboxylic acids is 1. The zero-order chi connectivity index (χ0) is 16.0. The fourth-order valence-corrected chi connectivity index (χ4v) is 2.55. The van der Waals surface area contributed by atoms with Crippen LogP contribution in [-0.4, -0.2) is 36.4 Å². The predicted octanol–water partition coefficient (Wildman–Crippen LogP) is -1.05. The number of hydrogen-bond donors (Lipinski definition) is 3. The molecule has 1 amide bonds. The first kappa shape index (κ1) is 16.5. The number of carboxylic acids is 1. The lowest BCUT2D eigenvalue weighted by atomic mass is 10.2. The highest BCUT2D eigenvalue weighted by atomic mass is 32.2. The molecule has 0 bridgehead atoms. The van der Waals surface area contributed by atoms with Crippen LogP contribution in [0.4, 0.5) is 0 Å². The molecule has 0 unspecified atom stereocenters. The molecule has 0 fully saturated rings. The van der Waals surface area contributed by atoms with E-state index in [4.69, 9.17) is 16.1 Å². The van der Waals surface area contributed by atoms with E-state index >= 15 is 0 Å². The van der Waals surface area contributed by atoms with Gasteiger partial charge in [0.1, 0.15) is 22.7 Å². The second kappa shape index (κ2) is 6.78. The van der Waals surface area contributed by atoms with Crippen molar-refractivity contribution in [3.05, 3.63) is 24.0 Å². The molecule has 0 aliphatic heterocycles. The minimum Gasteiger partial charge on any atom is -0.480 e. The smallest absolute Gasteiger partial charge is 0.321 e. The van der Waals surface area contributed by atoms with Gasteiger partial charge in [-0.25, -0.2) is 13.4 Å². The zero-order valence-corrected chi connectivity index (χ0v) is 11.5. The van der Waals surface area contributed by atoms with Crippen molar-refractivity contribution in [2.75, 3.05) is 0 Å². The number of pyridine rings is 1. The Bertz CT molecular complexity index is 678. The molecule has 0 saturated heterocycles. The second-order valence-electron chi connectivity index (χ2n) is 4.01. The van der Waals surface area contributed by atoms with Crippen LogP contribution < -0.4 is 10.5 Å². The molecule has 1 aromatic rings. The van der Waals surface area contributed by atoms with Crippen molar-refractivity contribution < 1.29 is 23.1 Å². The Morgan fingerprint density at radius 3 is 2.57 bits per heavy atom. The number of nitrogens with one attached hydrogen (secondary N) is 1. The van der Waals surface area contributed by atoms with E-state index < -0.39 is 27.9 Å². The van der Waals surface area contributed by atoms with E-state index in [1.807, 2.05) is 4.72 Å². The number of nitrogens with zero attached hydrogens (tertiary/aromatic N) is 2. The predicted molar refractivity (Wildman–Crippen MR) is 69.1 cm³/mol.